The van der Waals surface area contributed by atoms with Gasteiger partial charge in [-0.25, -0.2) is 0 Å². The Hall–Kier alpha value is -1.52. The maximum absolute atomic E-state index is 6.32. The van der Waals surface area contributed by atoms with Gasteiger partial charge in [0.2, 0.25) is 0 Å². The van der Waals surface area contributed by atoms with Crippen LogP contribution < -0.4 is 10.1 Å². The molecule has 1 aromatic carbocycles. The van der Waals surface area contributed by atoms with E-state index in [0.717, 1.165) is 28.7 Å². The Kier molecular flexibility index (Phi) is 5.26. The average molecular weight is 308 g/mol. The highest BCUT2D eigenvalue weighted by atomic mass is 35.5. The first-order valence-corrected chi connectivity index (χ1v) is 7.53. The van der Waals surface area contributed by atoms with Crippen LogP contribution in [-0.4, -0.2) is 16.9 Å². The van der Waals surface area contributed by atoms with Crippen molar-refractivity contribution in [2.45, 2.75) is 39.9 Å². The van der Waals surface area contributed by atoms with Crippen LogP contribution in [0.4, 0.5) is 0 Å². The number of rotatable bonds is 6. The fourth-order valence-electron chi connectivity index (χ4n) is 2.30. The van der Waals surface area contributed by atoms with Crippen LogP contribution in [0.1, 0.15) is 36.8 Å². The van der Waals surface area contributed by atoms with Crippen molar-refractivity contribution in [1.82, 2.24) is 15.1 Å². The fraction of sp³-hybridized carbons (Fsp3) is 0.438. The van der Waals surface area contributed by atoms with Gasteiger partial charge in [0.05, 0.1) is 23.5 Å². The molecule has 0 aliphatic heterocycles. The number of aryl methyl sites for hydroxylation is 2. The zero-order valence-electron chi connectivity index (χ0n) is 13.0. The largest absolute Gasteiger partial charge is 0.497 e. The van der Waals surface area contributed by atoms with Crippen molar-refractivity contribution in [3.63, 3.8) is 0 Å². The van der Waals surface area contributed by atoms with Crippen LogP contribution in [0.25, 0.3) is 0 Å². The number of halogens is 1. The van der Waals surface area contributed by atoms with Crippen molar-refractivity contribution in [3.05, 3.63) is 46.2 Å². The lowest BCUT2D eigenvalue weighted by Gasteiger charge is -2.15. The van der Waals surface area contributed by atoms with Crippen LogP contribution in [0.2, 0.25) is 5.02 Å². The van der Waals surface area contributed by atoms with E-state index in [0.29, 0.717) is 6.54 Å². The van der Waals surface area contributed by atoms with Gasteiger partial charge >= 0.3 is 0 Å². The molecule has 5 heteroatoms. The van der Waals surface area contributed by atoms with Crippen molar-refractivity contribution in [2.24, 2.45) is 0 Å². The van der Waals surface area contributed by atoms with Gasteiger partial charge < -0.3 is 10.1 Å². The average Bonchev–Trinajstić information content (AvgIpc) is 2.79. The third-order valence-electron chi connectivity index (χ3n) is 3.64. The van der Waals surface area contributed by atoms with Crippen LogP contribution in [0.15, 0.2) is 24.3 Å². The van der Waals surface area contributed by atoms with E-state index in [9.17, 15) is 0 Å². The van der Waals surface area contributed by atoms with Gasteiger partial charge in [-0.15, -0.1) is 0 Å². The molecule has 0 unspecified atom stereocenters. The number of aromatic nitrogens is 2. The number of nitrogens with zero attached hydrogens (tertiary/aromatic N) is 2. The van der Waals surface area contributed by atoms with Gasteiger partial charge in [-0.3, -0.25) is 4.68 Å². The maximum Gasteiger partial charge on any atom is 0.118 e. The summed E-state index contributed by atoms with van der Waals surface area (Å²) < 4.78 is 7.13. The molecule has 0 aliphatic carbocycles. The first-order valence-electron chi connectivity index (χ1n) is 7.16. The van der Waals surface area contributed by atoms with Crippen molar-refractivity contribution in [1.29, 1.82) is 0 Å². The van der Waals surface area contributed by atoms with E-state index in [1.165, 1.54) is 5.56 Å². The van der Waals surface area contributed by atoms with Crippen LogP contribution >= 0.6 is 11.6 Å². The second kappa shape index (κ2) is 6.96. The van der Waals surface area contributed by atoms with Gasteiger partial charge in [-0.1, -0.05) is 23.7 Å². The van der Waals surface area contributed by atoms with Crippen LogP contribution in [0.5, 0.6) is 5.75 Å². The minimum atomic E-state index is 0.229. The van der Waals surface area contributed by atoms with Crippen molar-refractivity contribution >= 4 is 11.6 Å². The highest BCUT2D eigenvalue weighted by Crippen LogP contribution is 2.22. The molecular formula is C16H22ClN3O. The molecule has 2 rings (SSSR count). The monoisotopic (exact) mass is 307 g/mol. The maximum atomic E-state index is 6.32. The molecule has 0 saturated carbocycles. The smallest absolute Gasteiger partial charge is 0.118 e. The number of ether oxygens (including phenoxy) is 1. The second-order valence-electron chi connectivity index (χ2n) is 5.04. The Morgan fingerprint density at radius 2 is 2.00 bits per heavy atom. The lowest BCUT2D eigenvalue weighted by molar-refractivity contribution is 0.414. The molecule has 0 radical (unpaired) electrons. The fourth-order valence-corrected chi connectivity index (χ4v) is 2.50. The quantitative estimate of drug-likeness (QED) is 0.884. The number of nitrogens with one attached hydrogen (secondary N) is 1. The van der Waals surface area contributed by atoms with Crippen LogP contribution in [0.3, 0.4) is 0 Å². The summed E-state index contributed by atoms with van der Waals surface area (Å²) in [6.45, 7) is 7.65. The minimum absolute atomic E-state index is 0.229. The van der Waals surface area contributed by atoms with Crippen molar-refractivity contribution in [2.75, 3.05) is 7.11 Å². The van der Waals surface area contributed by atoms with Crippen molar-refractivity contribution < 1.29 is 4.74 Å². The van der Waals surface area contributed by atoms with Gasteiger partial charge in [0.15, 0.2) is 0 Å². The number of hydrogen-bond donors (Lipinski definition) is 1. The lowest BCUT2D eigenvalue weighted by Crippen LogP contribution is -2.20. The Morgan fingerprint density at radius 3 is 2.57 bits per heavy atom. The molecule has 4 nitrogen and oxygen atoms in total. The summed E-state index contributed by atoms with van der Waals surface area (Å²) in [7, 11) is 1.67. The van der Waals surface area contributed by atoms with E-state index >= 15 is 0 Å². The molecule has 21 heavy (non-hydrogen) atoms. The summed E-state index contributed by atoms with van der Waals surface area (Å²) in [4.78, 5) is 0. The Balaban J connectivity index is 2.05. The molecule has 0 fully saturated rings. The summed E-state index contributed by atoms with van der Waals surface area (Å²) in [5, 5.41) is 8.68. The number of benzene rings is 1. The molecule has 2 aromatic rings. The molecule has 1 atom stereocenters. The molecule has 1 N–H and O–H groups in total. The third-order valence-corrected chi connectivity index (χ3v) is 4.14. The highest BCUT2D eigenvalue weighted by Gasteiger charge is 2.13. The summed E-state index contributed by atoms with van der Waals surface area (Å²) in [6.07, 6.45) is 0. The molecule has 0 aliphatic rings. The van der Waals surface area contributed by atoms with E-state index in [2.05, 4.69) is 36.4 Å². The van der Waals surface area contributed by atoms with E-state index in [4.69, 9.17) is 16.3 Å². The number of methoxy groups -OCH3 is 1. The Labute approximate surface area is 131 Å². The van der Waals surface area contributed by atoms with E-state index in [1.54, 1.807) is 7.11 Å². The van der Waals surface area contributed by atoms with Gasteiger partial charge in [-0.2, -0.15) is 5.10 Å². The van der Waals surface area contributed by atoms with E-state index < -0.39 is 0 Å². The molecular weight excluding hydrogens is 286 g/mol. The van der Waals surface area contributed by atoms with Gasteiger partial charge in [0.25, 0.3) is 0 Å². The summed E-state index contributed by atoms with van der Waals surface area (Å²) in [5.74, 6) is 0.869. The topological polar surface area (TPSA) is 39.1 Å². The van der Waals surface area contributed by atoms with E-state index in [-0.39, 0.29) is 6.04 Å². The predicted molar refractivity (Wildman–Crippen MR) is 85.9 cm³/mol. The van der Waals surface area contributed by atoms with Gasteiger partial charge in [-0.05, 0) is 38.5 Å². The first kappa shape index (κ1) is 15.9. The number of hydrogen-bond acceptors (Lipinski definition) is 3. The zero-order chi connectivity index (χ0) is 15.4. The summed E-state index contributed by atoms with van der Waals surface area (Å²) in [5.41, 5.74) is 3.13. The molecule has 1 heterocycles. The molecule has 114 valence electrons. The molecule has 0 amide bonds. The molecule has 0 bridgehead atoms. The molecule has 1 aromatic heterocycles. The predicted octanol–water partition coefficient (Wildman–Crippen LogP) is 3.72. The summed E-state index contributed by atoms with van der Waals surface area (Å²) >= 11 is 6.32. The van der Waals surface area contributed by atoms with Crippen molar-refractivity contribution in [3.8, 4) is 5.75 Å². The zero-order valence-corrected chi connectivity index (χ0v) is 13.7. The Morgan fingerprint density at radius 1 is 1.33 bits per heavy atom. The molecule has 0 spiro atoms. The third kappa shape index (κ3) is 3.57. The SMILES string of the molecule is CCn1nc(C)c(Cl)c1CN[C@@H](C)c1ccc(OC)cc1. The standard InChI is InChI=1S/C16H22ClN3O/c1-5-20-15(16(17)12(3)19-20)10-18-11(2)13-6-8-14(21-4)9-7-13/h6-9,11,18H,5,10H2,1-4H3/t11-/m0/s1. The normalized spacial score (nSPS) is 12.4. The van der Waals surface area contributed by atoms with E-state index in [1.807, 2.05) is 23.7 Å². The Bertz CT molecular complexity index is 592. The lowest BCUT2D eigenvalue weighted by atomic mass is 10.1. The summed E-state index contributed by atoms with van der Waals surface area (Å²) in [6, 6.07) is 8.32. The first-order chi connectivity index (χ1) is 10.1. The van der Waals surface area contributed by atoms with Gasteiger partial charge in [0.1, 0.15) is 5.75 Å². The minimum Gasteiger partial charge on any atom is -0.497 e. The second-order valence-corrected chi connectivity index (χ2v) is 5.42. The van der Waals surface area contributed by atoms with Crippen LogP contribution in [-0.2, 0) is 13.1 Å². The highest BCUT2D eigenvalue weighted by molar-refractivity contribution is 6.31. The van der Waals surface area contributed by atoms with Gasteiger partial charge in [0, 0.05) is 19.1 Å². The molecule has 0 saturated heterocycles. The van der Waals surface area contributed by atoms with Crippen LogP contribution in [0, 0.1) is 6.92 Å².